The molecule has 2 rings (SSSR count). The van der Waals surface area contributed by atoms with E-state index in [0.717, 1.165) is 23.0 Å². The molecule has 0 aliphatic heterocycles. The fourth-order valence-corrected chi connectivity index (χ4v) is 2.83. The first-order valence-electron chi connectivity index (χ1n) is 9.68. The minimum Gasteiger partial charge on any atom is -0.358 e. The maximum absolute atomic E-state index is 12.4. The number of benzene rings is 1. The molecular formula is C22H35NO. The number of aromatic amines is 1. The molecule has 0 saturated carbocycles. The fourth-order valence-electron chi connectivity index (χ4n) is 2.83. The highest BCUT2D eigenvalue weighted by atomic mass is 16.1. The van der Waals surface area contributed by atoms with Gasteiger partial charge in [-0.15, -0.1) is 0 Å². The Kier molecular flexibility index (Phi) is 8.81. The Labute approximate surface area is 147 Å². The Hall–Kier alpha value is -1.57. The minimum atomic E-state index is 0.145. The lowest BCUT2D eigenvalue weighted by atomic mass is 9.93. The quantitative estimate of drug-likeness (QED) is 0.583. The molecule has 1 N–H and O–H groups in total. The maximum Gasteiger partial charge on any atom is 0.189 e. The monoisotopic (exact) mass is 329 g/mol. The summed E-state index contributed by atoms with van der Waals surface area (Å²) in [6.07, 6.45) is 6.10. The molecule has 0 saturated heterocycles. The van der Waals surface area contributed by atoms with Gasteiger partial charge in [0.05, 0.1) is 0 Å². The Morgan fingerprint density at radius 3 is 2.33 bits per heavy atom. The Morgan fingerprint density at radius 1 is 1.00 bits per heavy atom. The van der Waals surface area contributed by atoms with E-state index >= 15 is 0 Å². The van der Waals surface area contributed by atoms with E-state index in [1.54, 1.807) is 6.07 Å². The second kappa shape index (κ2) is 10.3. The van der Waals surface area contributed by atoms with Crippen molar-refractivity contribution in [2.75, 3.05) is 0 Å². The van der Waals surface area contributed by atoms with Gasteiger partial charge in [0.2, 0.25) is 0 Å². The molecule has 1 heterocycles. The van der Waals surface area contributed by atoms with Gasteiger partial charge in [-0.05, 0) is 42.4 Å². The normalized spacial score (nSPS) is 12.1. The van der Waals surface area contributed by atoms with Gasteiger partial charge >= 0.3 is 0 Å². The lowest BCUT2D eigenvalue weighted by Crippen LogP contribution is -2.11. The Balaban J connectivity index is 0.00000139. The molecule has 0 amide bonds. The van der Waals surface area contributed by atoms with Gasteiger partial charge in [-0.25, -0.2) is 0 Å². The van der Waals surface area contributed by atoms with Crippen LogP contribution < -0.4 is 5.43 Å². The van der Waals surface area contributed by atoms with Gasteiger partial charge in [0.15, 0.2) is 5.43 Å². The Morgan fingerprint density at radius 2 is 1.71 bits per heavy atom. The number of rotatable bonds is 7. The number of H-pyrrole nitrogens is 1. The van der Waals surface area contributed by atoms with Crippen LogP contribution in [0.1, 0.15) is 84.4 Å². The highest BCUT2D eigenvalue weighted by Crippen LogP contribution is 2.23. The smallest absolute Gasteiger partial charge is 0.189 e. The van der Waals surface area contributed by atoms with Crippen molar-refractivity contribution in [2.45, 2.75) is 79.6 Å². The molecule has 1 aromatic carbocycles. The van der Waals surface area contributed by atoms with Gasteiger partial charge in [0, 0.05) is 22.7 Å². The SMILES string of the molecule is CC.CCCCCCc1ccc2[nH]c(C(C)C(C)C)cc(=O)c2c1. The molecule has 0 aliphatic rings. The van der Waals surface area contributed by atoms with Gasteiger partial charge in [-0.3, -0.25) is 4.79 Å². The fraction of sp³-hybridized carbons (Fsp3) is 0.591. The second-order valence-electron chi connectivity index (χ2n) is 6.81. The van der Waals surface area contributed by atoms with Crippen molar-refractivity contribution in [3.8, 4) is 0 Å². The van der Waals surface area contributed by atoms with E-state index < -0.39 is 0 Å². The molecule has 0 spiro atoms. The lowest BCUT2D eigenvalue weighted by molar-refractivity contribution is 0.524. The predicted molar refractivity (Wildman–Crippen MR) is 107 cm³/mol. The van der Waals surface area contributed by atoms with Crippen molar-refractivity contribution in [1.82, 2.24) is 4.98 Å². The molecule has 1 aromatic heterocycles. The molecular weight excluding hydrogens is 294 g/mol. The lowest BCUT2D eigenvalue weighted by Gasteiger charge is -2.16. The molecule has 24 heavy (non-hydrogen) atoms. The van der Waals surface area contributed by atoms with Crippen LogP contribution in [0.4, 0.5) is 0 Å². The average molecular weight is 330 g/mol. The number of hydrogen-bond donors (Lipinski definition) is 1. The van der Waals surface area contributed by atoms with Gasteiger partial charge < -0.3 is 4.98 Å². The van der Waals surface area contributed by atoms with Crippen LogP contribution in [0, 0.1) is 5.92 Å². The Bertz CT molecular complexity index is 669. The second-order valence-corrected chi connectivity index (χ2v) is 6.81. The third-order valence-corrected chi connectivity index (χ3v) is 4.72. The molecule has 1 atom stereocenters. The molecule has 134 valence electrons. The summed E-state index contributed by atoms with van der Waals surface area (Å²) in [5.74, 6) is 0.886. The molecule has 1 unspecified atom stereocenters. The zero-order valence-electron chi connectivity index (χ0n) is 16.4. The summed E-state index contributed by atoms with van der Waals surface area (Å²) >= 11 is 0. The molecule has 2 heteroatoms. The van der Waals surface area contributed by atoms with Crippen LogP contribution >= 0.6 is 0 Å². The molecule has 2 nitrogen and oxygen atoms in total. The summed E-state index contributed by atoms with van der Waals surface area (Å²) < 4.78 is 0. The summed E-state index contributed by atoms with van der Waals surface area (Å²) in [6, 6.07) is 8.09. The van der Waals surface area contributed by atoms with Gasteiger partial charge in [0.25, 0.3) is 0 Å². The van der Waals surface area contributed by atoms with Gasteiger partial charge in [0.1, 0.15) is 0 Å². The van der Waals surface area contributed by atoms with Crippen LogP contribution in [0.3, 0.4) is 0 Å². The van der Waals surface area contributed by atoms with E-state index in [1.807, 2.05) is 13.8 Å². The van der Waals surface area contributed by atoms with Crippen LogP contribution in [0.5, 0.6) is 0 Å². The van der Waals surface area contributed by atoms with E-state index in [9.17, 15) is 4.79 Å². The molecule has 0 fully saturated rings. The van der Waals surface area contributed by atoms with Crippen LogP contribution in [-0.2, 0) is 6.42 Å². The zero-order chi connectivity index (χ0) is 18.1. The highest BCUT2D eigenvalue weighted by Gasteiger charge is 2.12. The summed E-state index contributed by atoms with van der Waals surface area (Å²) in [5, 5.41) is 0.827. The first-order valence-corrected chi connectivity index (χ1v) is 9.68. The van der Waals surface area contributed by atoms with Crippen LogP contribution in [0.15, 0.2) is 29.1 Å². The molecule has 0 bridgehead atoms. The first-order chi connectivity index (χ1) is 11.5. The van der Waals surface area contributed by atoms with E-state index in [2.05, 4.69) is 50.9 Å². The number of pyridine rings is 1. The third kappa shape index (κ3) is 5.51. The zero-order valence-corrected chi connectivity index (χ0v) is 16.4. The van der Waals surface area contributed by atoms with Gasteiger partial charge in [-0.2, -0.15) is 0 Å². The van der Waals surface area contributed by atoms with Crippen molar-refractivity contribution in [2.24, 2.45) is 5.92 Å². The van der Waals surface area contributed by atoms with Crippen LogP contribution in [0.25, 0.3) is 10.9 Å². The van der Waals surface area contributed by atoms with Crippen molar-refractivity contribution >= 4 is 10.9 Å². The van der Waals surface area contributed by atoms with Crippen LogP contribution in [0.2, 0.25) is 0 Å². The van der Waals surface area contributed by atoms with E-state index in [1.165, 1.54) is 31.2 Å². The minimum absolute atomic E-state index is 0.145. The van der Waals surface area contributed by atoms with Crippen LogP contribution in [-0.4, -0.2) is 4.98 Å². The standard InChI is InChI=1S/C20H29NO.C2H6/c1-5-6-7-8-9-16-10-11-18-17(12-16)20(22)13-19(21-18)15(4)14(2)3;1-2/h10-15H,5-9H2,1-4H3,(H,21,22);1-2H3. The highest BCUT2D eigenvalue weighted by molar-refractivity contribution is 5.79. The summed E-state index contributed by atoms with van der Waals surface area (Å²) in [4.78, 5) is 15.9. The third-order valence-electron chi connectivity index (χ3n) is 4.72. The number of fused-ring (bicyclic) bond motifs is 1. The summed E-state index contributed by atoms with van der Waals surface area (Å²) in [5.41, 5.74) is 3.43. The molecule has 0 radical (unpaired) electrons. The van der Waals surface area contributed by atoms with Crippen molar-refractivity contribution in [3.63, 3.8) is 0 Å². The van der Waals surface area contributed by atoms with E-state index in [4.69, 9.17) is 0 Å². The summed E-state index contributed by atoms with van der Waals surface area (Å²) in [6.45, 7) is 12.8. The van der Waals surface area contributed by atoms with Crippen molar-refractivity contribution in [1.29, 1.82) is 0 Å². The van der Waals surface area contributed by atoms with Crippen molar-refractivity contribution < 1.29 is 0 Å². The number of unbranched alkanes of at least 4 members (excludes halogenated alkanes) is 3. The van der Waals surface area contributed by atoms with Gasteiger partial charge in [-0.1, -0.05) is 66.9 Å². The predicted octanol–water partition coefficient (Wildman–Crippen LogP) is 6.44. The first kappa shape index (κ1) is 20.5. The topological polar surface area (TPSA) is 32.9 Å². The number of aromatic nitrogens is 1. The number of hydrogen-bond acceptors (Lipinski definition) is 1. The van der Waals surface area contributed by atoms with E-state index in [-0.39, 0.29) is 5.43 Å². The maximum atomic E-state index is 12.4. The summed E-state index contributed by atoms with van der Waals surface area (Å²) in [7, 11) is 0. The largest absolute Gasteiger partial charge is 0.358 e. The number of aryl methyl sites for hydroxylation is 1. The average Bonchev–Trinajstić information content (AvgIpc) is 2.60. The molecule has 2 aromatic rings. The number of nitrogens with one attached hydrogen (secondary N) is 1. The van der Waals surface area contributed by atoms with Crippen molar-refractivity contribution in [3.05, 3.63) is 45.7 Å². The molecule has 0 aliphatic carbocycles. The van der Waals surface area contributed by atoms with E-state index in [0.29, 0.717) is 11.8 Å².